The number of hydrogen-bond acceptors (Lipinski definition) is 7. The number of nitrogens with zero attached hydrogens (tertiary/aromatic N) is 4. The molecule has 1 amide bonds. The van der Waals surface area contributed by atoms with Crippen molar-refractivity contribution in [3.63, 3.8) is 0 Å². The standard InChI is InChI=1S/C15H8BrN5O4S/c16-12-6-5-11(25-12)13(22)17-14-18-15-20(19-14)10(7-26-15)8-1-3-9(4-2-8)21(23)24/h1-7H,(H,17,19,22). The van der Waals surface area contributed by atoms with Crippen molar-refractivity contribution in [3.05, 3.63) is 62.3 Å². The molecule has 26 heavy (non-hydrogen) atoms. The minimum absolute atomic E-state index is 0.0105. The van der Waals surface area contributed by atoms with Crippen molar-refractivity contribution in [3.8, 4) is 11.3 Å². The second-order valence-corrected chi connectivity index (χ2v) is 6.73. The van der Waals surface area contributed by atoms with Gasteiger partial charge in [-0.15, -0.1) is 16.4 Å². The van der Waals surface area contributed by atoms with Gasteiger partial charge >= 0.3 is 0 Å². The van der Waals surface area contributed by atoms with Gasteiger partial charge in [-0.25, -0.2) is 4.52 Å². The maximum atomic E-state index is 12.1. The van der Waals surface area contributed by atoms with Crippen molar-refractivity contribution < 1.29 is 14.1 Å². The zero-order valence-electron chi connectivity index (χ0n) is 12.7. The smallest absolute Gasteiger partial charge is 0.293 e. The minimum Gasteiger partial charge on any atom is -0.444 e. The molecular formula is C15H8BrN5O4S. The van der Waals surface area contributed by atoms with E-state index >= 15 is 0 Å². The van der Waals surface area contributed by atoms with Crippen LogP contribution in [0.15, 0.2) is 50.9 Å². The molecule has 0 aliphatic carbocycles. The Kier molecular flexibility index (Phi) is 4.01. The average Bonchev–Trinajstić information content (AvgIpc) is 3.30. The number of hydrogen-bond donors (Lipinski definition) is 1. The fourth-order valence-corrected chi connectivity index (χ4v) is 3.42. The number of fused-ring (bicyclic) bond motifs is 1. The highest BCUT2D eigenvalue weighted by atomic mass is 79.9. The largest absolute Gasteiger partial charge is 0.444 e. The van der Waals surface area contributed by atoms with E-state index in [2.05, 4.69) is 31.3 Å². The van der Waals surface area contributed by atoms with Gasteiger partial charge in [0, 0.05) is 23.1 Å². The summed E-state index contributed by atoms with van der Waals surface area (Å²) < 4.78 is 7.20. The summed E-state index contributed by atoms with van der Waals surface area (Å²) in [4.78, 5) is 27.2. The lowest BCUT2D eigenvalue weighted by Gasteiger charge is -1.99. The predicted molar refractivity (Wildman–Crippen MR) is 97.3 cm³/mol. The first-order valence-electron chi connectivity index (χ1n) is 7.17. The summed E-state index contributed by atoms with van der Waals surface area (Å²) in [5, 5.41) is 19.5. The number of anilines is 1. The monoisotopic (exact) mass is 433 g/mol. The molecule has 0 aliphatic heterocycles. The van der Waals surface area contributed by atoms with Crippen LogP contribution in [0.5, 0.6) is 0 Å². The van der Waals surface area contributed by atoms with Crippen molar-refractivity contribution in [2.75, 3.05) is 5.32 Å². The molecule has 0 radical (unpaired) electrons. The van der Waals surface area contributed by atoms with Gasteiger partial charge in [0.2, 0.25) is 4.96 Å². The molecule has 0 bridgehead atoms. The number of nitro benzene ring substituents is 1. The summed E-state index contributed by atoms with van der Waals surface area (Å²) in [6.45, 7) is 0. The van der Waals surface area contributed by atoms with Crippen LogP contribution < -0.4 is 5.32 Å². The molecule has 130 valence electrons. The predicted octanol–water partition coefficient (Wildman–Crippen LogP) is 3.97. The molecule has 3 heterocycles. The molecule has 0 saturated carbocycles. The Labute approximate surface area is 157 Å². The van der Waals surface area contributed by atoms with E-state index < -0.39 is 10.8 Å². The van der Waals surface area contributed by atoms with E-state index in [1.165, 1.54) is 29.5 Å². The third-order valence-corrected chi connectivity index (χ3v) is 4.72. The highest BCUT2D eigenvalue weighted by Gasteiger charge is 2.16. The first-order valence-corrected chi connectivity index (χ1v) is 8.84. The fourth-order valence-electron chi connectivity index (χ4n) is 2.29. The molecule has 4 aromatic rings. The summed E-state index contributed by atoms with van der Waals surface area (Å²) in [7, 11) is 0. The lowest BCUT2D eigenvalue weighted by molar-refractivity contribution is -0.384. The number of amides is 1. The van der Waals surface area contributed by atoms with Gasteiger partial charge in [0.1, 0.15) is 0 Å². The quantitative estimate of drug-likeness (QED) is 0.384. The van der Waals surface area contributed by atoms with Crippen LogP contribution in [-0.4, -0.2) is 25.4 Å². The van der Waals surface area contributed by atoms with Crippen LogP contribution in [0.2, 0.25) is 0 Å². The Morgan fingerprint density at radius 2 is 2.04 bits per heavy atom. The zero-order valence-corrected chi connectivity index (χ0v) is 15.2. The van der Waals surface area contributed by atoms with Crippen LogP contribution in [0.4, 0.5) is 11.6 Å². The highest BCUT2D eigenvalue weighted by molar-refractivity contribution is 9.10. The molecular weight excluding hydrogens is 426 g/mol. The van der Waals surface area contributed by atoms with Crippen LogP contribution in [-0.2, 0) is 0 Å². The van der Waals surface area contributed by atoms with Gasteiger partial charge in [-0.3, -0.25) is 20.2 Å². The Morgan fingerprint density at radius 3 is 2.69 bits per heavy atom. The van der Waals surface area contributed by atoms with Crippen LogP contribution in [0.3, 0.4) is 0 Å². The maximum absolute atomic E-state index is 12.1. The van der Waals surface area contributed by atoms with E-state index in [1.54, 1.807) is 22.7 Å². The number of aromatic nitrogens is 3. The maximum Gasteiger partial charge on any atom is 0.293 e. The first kappa shape index (κ1) is 16.4. The molecule has 1 N–H and O–H groups in total. The molecule has 0 spiro atoms. The molecule has 11 heteroatoms. The summed E-state index contributed by atoms with van der Waals surface area (Å²) in [5.41, 5.74) is 1.48. The Balaban J connectivity index is 1.62. The number of benzene rings is 1. The second-order valence-electron chi connectivity index (χ2n) is 5.11. The zero-order chi connectivity index (χ0) is 18.3. The molecule has 0 aliphatic rings. The van der Waals surface area contributed by atoms with E-state index in [9.17, 15) is 14.9 Å². The average molecular weight is 434 g/mol. The van der Waals surface area contributed by atoms with Crippen LogP contribution in [0.1, 0.15) is 10.6 Å². The Hall–Kier alpha value is -3.05. The van der Waals surface area contributed by atoms with Crippen molar-refractivity contribution in [2.24, 2.45) is 0 Å². The Bertz CT molecular complexity index is 1130. The third kappa shape index (κ3) is 2.97. The number of carbonyl (C=O) groups excluding carboxylic acids is 1. The van der Waals surface area contributed by atoms with E-state index in [-0.39, 0.29) is 17.4 Å². The SMILES string of the molecule is O=C(Nc1nc2scc(-c3ccc([N+](=O)[O-])cc3)n2n1)c1ccc(Br)o1. The van der Waals surface area contributed by atoms with Crippen molar-refractivity contribution in [2.45, 2.75) is 0 Å². The molecule has 0 fully saturated rings. The highest BCUT2D eigenvalue weighted by Crippen LogP contribution is 2.27. The number of nitro groups is 1. The summed E-state index contributed by atoms with van der Waals surface area (Å²) in [6.07, 6.45) is 0. The van der Waals surface area contributed by atoms with E-state index in [4.69, 9.17) is 4.42 Å². The normalized spacial score (nSPS) is 11.0. The van der Waals surface area contributed by atoms with Gasteiger partial charge in [0.25, 0.3) is 17.5 Å². The molecule has 0 saturated heterocycles. The number of nitrogens with one attached hydrogen (secondary N) is 1. The number of thiazole rings is 1. The molecule has 0 atom stereocenters. The molecule has 1 aromatic carbocycles. The van der Waals surface area contributed by atoms with Crippen LogP contribution in [0.25, 0.3) is 16.2 Å². The van der Waals surface area contributed by atoms with Crippen molar-refractivity contribution in [1.82, 2.24) is 14.6 Å². The van der Waals surface area contributed by atoms with Crippen molar-refractivity contribution >= 4 is 49.8 Å². The number of non-ortho nitro benzene ring substituents is 1. The summed E-state index contributed by atoms with van der Waals surface area (Å²) >= 11 is 4.48. The topological polar surface area (TPSA) is 116 Å². The van der Waals surface area contributed by atoms with Gasteiger partial charge in [-0.05, 0) is 40.2 Å². The number of halogens is 1. The summed E-state index contributed by atoms with van der Waals surface area (Å²) in [5.74, 6) is -0.200. The third-order valence-electron chi connectivity index (χ3n) is 3.48. The van der Waals surface area contributed by atoms with Crippen molar-refractivity contribution in [1.29, 1.82) is 0 Å². The molecule has 0 unspecified atom stereocenters. The summed E-state index contributed by atoms with van der Waals surface area (Å²) in [6, 6.07) is 9.27. The molecule has 3 aromatic heterocycles. The van der Waals surface area contributed by atoms with Gasteiger partial charge < -0.3 is 4.42 Å². The van der Waals surface area contributed by atoms with E-state index in [0.29, 0.717) is 15.3 Å². The lowest BCUT2D eigenvalue weighted by Crippen LogP contribution is -2.12. The fraction of sp³-hybridized carbons (Fsp3) is 0. The van der Waals surface area contributed by atoms with Gasteiger partial charge in [-0.2, -0.15) is 4.98 Å². The number of furan rings is 1. The van der Waals surface area contributed by atoms with Gasteiger partial charge in [0.05, 0.1) is 10.6 Å². The molecule has 4 rings (SSSR count). The minimum atomic E-state index is -0.467. The van der Waals surface area contributed by atoms with Gasteiger partial charge in [0.15, 0.2) is 10.4 Å². The van der Waals surface area contributed by atoms with Crippen LogP contribution >= 0.6 is 27.3 Å². The van der Waals surface area contributed by atoms with E-state index in [0.717, 1.165) is 5.56 Å². The number of rotatable bonds is 4. The molecule has 9 nitrogen and oxygen atoms in total. The number of carbonyl (C=O) groups is 1. The van der Waals surface area contributed by atoms with Gasteiger partial charge in [-0.1, -0.05) is 0 Å². The van der Waals surface area contributed by atoms with Crippen LogP contribution in [0, 0.1) is 10.1 Å². The van der Waals surface area contributed by atoms with E-state index in [1.807, 2.05) is 5.38 Å². The second kappa shape index (κ2) is 6.35. The first-order chi connectivity index (χ1) is 12.5. The Morgan fingerprint density at radius 1 is 1.27 bits per heavy atom. The lowest BCUT2D eigenvalue weighted by atomic mass is 10.1.